The molecule has 2 unspecified atom stereocenters. The summed E-state index contributed by atoms with van der Waals surface area (Å²) < 4.78 is 6.19. The number of aromatic hydroxyl groups is 1. The summed E-state index contributed by atoms with van der Waals surface area (Å²) in [5.41, 5.74) is 4.88. The van der Waals surface area contributed by atoms with Crippen molar-refractivity contribution < 1.29 is 14.6 Å². The van der Waals surface area contributed by atoms with Crippen molar-refractivity contribution in [3.63, 3.8) is 0 Å². The summed E-state index contributed by atoms with van der Waals surface area (Å²) in [6.07, 6.45) is 8.36. The molecule has 0 saturated carbocycles. The van der Waals surface area contributed by atoms with E-state index >= 15 is 0 Å². The summed E-state index contributed by atoms with van der Waals surface area (Å²) in [6, 6.07) is 11.8. The molecule has 4 rings (SSSR count). The zero-order valence-corrected chi connectivity index (χ0v) is 20.1. The van der Waals surface area contributed by atoms with Gasteiger partial charge in [-0.25, -0.2) is 0 Å². The molecule has 1 heterocycles. The predicted octanol–water partition coefficient (Wildman–Crippen LogP) is 7.02. The molecule has 0 aromatic heterocycles. The van der Waals surface area contributed by atoms with Crippen LogP contribution in [-0.4, -0.2) is 11.0 Å². The Morgan fingerprint density at radius 2 is 2.00 bits per heavy atom. The Labute approximate surface area is 197 Å². The number of fused-ring (bicyclic) bond motifs is 3. The van der Waals surface area contributed by atoms with Gasteiger partial charge in [0.1, 0.15) is 17.3 Å². The summed E-state index contributed by atoms with van der Waals surface area (Å²) >= 11 is 0. The molecule has 174 valence electrons. The fourth-order valence-corrected chi connectivity index (χ4v) is 5.21. The van der Waals surface area contributed by atoms with E-state index in [9.17, 15) is 9.90 Å². The lowest BCUT2D eigenvalue weighted by Crippen LogP contribution is -2.29. The van der Waals surface area contributed by atoms with Crippen molar-refractivity contribution in [1.29, 1.82) is 0 Å². The van der Waals surface area contributed by atoms with E-state index in [-0.39, 0.29) is 23.5 Å². The summed E-state index contributed by atoms with van der Waals surface area (Å²) in [5.74, 6) is 1.96. The van der Waals surface area contributed by atoms with Crippen LogP contribution in [-0.2, 0) is 17.8 Å². The van der Waals surface area contributed by atoms with Gasteiger partial charge in [-0.3, -0.25) is 4.79 Å². The molecular formula is C29H35NO3. The topological polar surface area (TPSA) is 49.8 Å². The molecule has 2 aromatic carbocycles. The molecule has 0 spiro atoms. The van der Waals surface area contributed by atoms with Gasteiger partial charge < -0.3 is 14.7 Å². The molecule has 4 nitrogen and oxygen atoms in total. The lowest BCUT2D eigenvalue weighted by atomic mass is 9.73. The van der Waals surface area contributed by atoms with Gasteiger partial charge in [-0.15, -0.1) is 0 Å². The van der Waals surface area contributed by atoms with E-state index in [0.29, 0.717) is 12.3 Å². The molecule has 0 saturated heterocycles. The highest BCUT2D eigenvalue weighted by Gasteiger charge is 2.38. The first kappa shape index (κ1) is 23.2. The number of hydrogen-bond acceptors (Lipinski definition) is 3. The van der Waals surface area contributed by atoms with Crippen LogP contribution < -0.4 is 9.64 Å². The van der Waals surface area contributed by atoms with Gasteiger partial charge in [-0.1, -0.05) is 56.2 Å². The number of nitrogens with zero attached hydrogens (tertiary/aromatic N) is 1. The van der Waals surface area contributed by atoms with E-state index < -0.39 is 0 Å². The second-order valence-electron chi connectivity index (χ2n) is 9.42. The number of allylic oxidation sites excluding steroid dienone is 3. The first-order valence-corrected chi connectivity index (χ1v) is 12.1. The minimum atomic E-state index is -0.0475. The van der Waals surface area contributed by atoms with Crippen LogP contribution in [0.2, 0.25) is 0 Å². The van der Waals surface area contributed by atoms with Gasteiger partial charge in [-0.05, 0) is 56.4 Å². The number of amides is 1. The predicted molar refractivity (Wildman–Crippen MR) is 134 cm³/mol. The first-order chi connectivity index (χ1) is 15.9. The SMILES string of the molecule is C=C1Oc2cc(CCCCC)c(CN(C(C)=O)c3ccccc3)c(O)c2C2C=C(C)CCC12. The Morgan fingerprint density at radius 3 is 2.70 bits per heavy atom. The van der Waals surface area contributed by atoms with Crippen LogP contribution in [0.25, 0.3) is 0 Å². The van der Waals surface area contributed by atoms with Gasteiger partial charge in [0.15, 0.2) is 0 Å². The molecule has 1 N–H and O–H groups in total. The second kappa shape index (κ2) is 9.86. The minimum absolute atomic E-state index is 0.0475. The highest BCUT2D eigenvalue weighted by Crippen LogP contribution is 2.52. The second-order valence-corrected chi connectivity index (χ2v) is 9.42. The lowest BCUT2D eigenvalue weighted by Gasteiger charge is -2.38. The van der Waals surface area contributed by atoms with Gasteiger partial charge in [0.05, 0.1) is 6.54 Å². The van der Waals surface area contributed by atoms with Crippen LogP contribution in [0.4, 0.5) is 5.69 Å². The number of aryl methyl sites for hydroxylation is 1. The number of para-hydroxylation sites is 1. The fraction of sp³-hybridized carbons (Fsp3) is 0.414. The average Bonchev–Trinajstić information content (AvgIpc) is 2.79. The van der Waals surface area contributed by atoms with Crippen LogP contribution in [0.15, 0.2) is 60.4 Å². The maximum absolute atomic E-state index is 12.6. The molecule has 0 fully saturated rings. The van der Waals surface area contributed by atoms with E-state index in [4.69, 9.17) is 4.74 Å². The lowest BCUT2D eigenvalue weighted by molar-refractivity contribution is -0.116. The third-order valence-electron chi connectivity index (χ3n) is 7.05. The Bertz CT molecular complexity index is 1070. The van der Waals surface area contributed by atoms with E-state index in [2.05, 4.69) is 32.6 Å². The first-order valence-electron chi connectivity index (χ1n) is 12.1. The number of ether oxygens (including phenoxy) is 1. The van der Waals surface area contributed by atoms with Crippen molar-refractivity contribution in [3.05, 3.63) is 77.1 Å². The quantitative estimate of drug-likeness (QED) is 0.368. The minimum Gasteiger partial charge on any atom is -0.507 e. The third-order valence-corrected chi connectivity index (χ3v) is 7.05. The van der Waals surface area contributed by atoms with Crippen LogP contribution >= 0.6 is 0 Å². The smallest absolute Gasteiger partial charge is 0.224 e. The average molecular weight is 446 g/mol. The standard InChI is InChI=1S/C29H35NO3/c1-5-6-8-11-22-17-27-28(25-16-19(2)14-15-24(25)20(3)33-27)29(32)26(22)18-30(21(4)31)23-12-9-7-10-13-23/h7,9-10,12-13,16-17,24-25,32H,3,5-6,8,11,14-15,18H2,1-2,4H3. The number of rotatable bonds is 7. The van der Waals surface area contributed by atoms with Crippen molar-refractivity contribution >= 4 is 11.6 Å². The molecule has 4 heteroatoms. The van der Waals surface area contributed by atoms with E-state index in [1.165, 1.54) is 5.57 Å². The molecular weight excluding hydrogens is 410 g/mol. The Balaban J connectivity index is 1.82. The number of hydrogen-bond donors (Lipinski definition) is 1. The van der Waals surface area contributed by atoms with E-state index in [1.54, 1.807) is 11.8 Å². The van der Waals surface area contributed by atoms with Crippen LogP contribution in [0.3, 0.4) is 0 Å². The van der Waals surface area contributed by atoms with Crippen molar-refractivity contribution in [2.75, 3.05) is 4.90 Å². The van der Waals surface area contributed by atoms with E-state index in [1.807, 2.05) is 30.3 Å². The number of carbonyl (C=O) groups excluding carboxylic acids is 1. The van der Waals surface area contributed by atoms with Crippen LogP contribution in [0.5, 0.6) is 11.5 Å². The normalized spacial score (nSPS) is 19.2. The summed E-state index contributed by atoms with van der Waals surface area (Å²) in [6.45, 7) is 10.5. The zero-order valence-electron chi connectivity index (χ0n) is 20.1. The maximum atomic E-state index is 12.6. The Hall–Kier alpha value is -3.01. The Morgan fingerprint density at radius 1 is 1.24 bits per heavy atom. The number of phenolic OH excluding ortho intramolecular Hbond substituents is 1. The highest BCUT2D eigenvalue weighted by molar-refractivity contribution is 5.91. The van der Waals surface area contributed by atoms with Gasteiger partial charge in [0.25, 0.3) is 0 Å². The zero-order chi connectivity index (χ0) is 23.5. The summed E-state index contributed by atoms with van der Waals surface area (Å²) in [7, 11) is 0. The van der Waals surface area contributed by atoms with Gasteiger partial charge in [0, 0.05) is 35.6 Å². The molecule has 2 atom stereocenters. The summed E-state index contributed by atoms with van der Waals surface area (Å²) in [4.78, 5) is 14.4. The number of carbonyl (C=O) groups is 1. The van der Waals surface area contributed by atoms with Gasteiger partial charge >= 0.3 is 0 Å². The Kier molecular flexibility index (Phi) is 6.92. The maximum Gasteiger partial charge on any atom is 0.224 e. The van der Waals surface area contributed by atoms with Crippen LogP contribution in [0.1, 0.15) is 75.5 Å². The highest BCUT2D eigenvalue weighted by atomic mass is 16.5. The molecule has 0 radical (unpaired) electrons. The van der Waals surface area contributed by atoms with E-state index in [0.717, 1.165) is 66.7 Å². The molecule has 1 aliphatic carbocycles. The molecule has 2 aromatic rings. The molecule has 2 aliphatic rings. The molecule has 1 aliphatic heterocycles. The number of benzene rings is 2. The number of phenols is 1. The van der Waals surface area contributed by atoms with Crippen molar-refractivity contribution in [1.82, 2.24) is 0 Å². The molecule has 1 amide bonds. The van der Waals surface area contributed by atoms with Crippen LogP contribution in [0, 0.1) is 5.92 Å². The monoisotopic (exact) mass is 445 g/mol. The molecule has 33 heavy (non-hydrogen) atoms. The fourth-order valence-electron chi connectivity index (χ4n) is 5.21. The largest absolute Gasteiger partial charge is 0.507 e. The van der Waals surface area contributed by atoms with Crippen molar-refractivity contribution in [3.8, 4) is 11.5 Å². The van der Waals surface area contributed by atoms with Crippen molar-refractivity contribution in [2.45, 2.75) is 71.8 Å². The van der Waals surface area contributed by atoms with Gasteiger partial charge in [0.2, 0.25) is 5.91 Å². The number of anilines is 1. The van der Waals surface area contributed by atoms with Gasteiger partial charge in [-0.2, -0.15) is 0 Å². The summed E-state index contributed by atoms with van der Waals surface area (Å²) in [5, 5.41) is 11.7. The molecule has 0 bridgehead atoms. The van der Waals surface area contributed by atoms with Crippen molar-refractivity contribution in [2.24, 2.45) is 5.92 Å². The number of unbranched alkanes of at least 4 members (excludes halogenated alkanes) is 2. The third kappa shape index (κ3) is 4.71.